The van der Waals surface area contributed by atoms with E-state index in [9.17, 15) is 40.5 Å². The van der Waals surface area contributed by atoms with Crippen molar-refractivity contribution in [2.24, 2.45) is 0 Å². The lowest BCUT2D eigenvalue weighted by Gasteiger charge is -2.45. The quantitative estimate of drug-likeness (QED) is 0.244. The Balaban J connectivity index is 0.000000214. The normalized spacial score (nSPS) is 26.2. The minimum absolute atomic E-state index is 0.0247. The van der Waals surface area contributed by atoms with Crippen molar-refractivity contribution in [1.82, 2.24) is 0 Å². The zero-order valence-corrected chi connectivity index (χ0v) is 18.7. The summed E-state index contributed by atoms with van der Waals surface area (Å²) in [5.74, 6) is -2.91. The number of methoxy groups -OCH3 is 1. The van der Waals surface area contributed by atoms with Gasteiger partial charge in [-0.15, -0.1) is 0 Å². The predicted molar refractivity (Wildman–Crippen MR) is 120 cm³/mol. The Labute approximate surface area is 198 Å². The molecule has 0 spiro atoms. The lowest BCUT2D eigenvalue weighted by atomic mass is 9.93. The molecule has 0 radical (unpaired) electrons. The van der Waals surface area contributed by atoms with Gasteiger partial charge in [0, 0.05) is 24.8 Å². The van der Waals surface area contributed by atoms with Crippen molar-refractivity contribution in [3.63, 3.8) is 0 Å². The van der Waals surface area contributed by atoms with Crippen LogP contribution in [-0.4, -0.2) is 84.8 Å². The topological polar surface area (TPSA) is 211 Å². The van der Waals surface area contributed by atoms with Gasteiger partial charge < -0.3 is 54.7 Å². The van der Waals surface area contributed by atoms with Crippen LogP contribution in [0, 0.1) is 0 Å². The first-order valence-corrected chi connectivity index (χ1v) is 10.3. The maximum atomic E-state index is 12.1. The Morgan fingerprint density at radius 1 is 0.971 bits per heavy atom. The van der Waals surface area contributed by atoms with Crippen LogP contribution in [0.4, 0.5) is 0 Å². The van der Waals surface area contributed by atoms with E-state index < -0.39 is 53.7 Å². The number of fused-ring (bicyclic) bond motifs is 1. The second-order valence-corrected chi connectivity index (χ2v) is 7.98. The van der Waals surface area contributed by atoms with Crippen molar-refractivity contribution in [1.29, 1.82) is 0 Å². The van der Waals surface area contributed by atoms with E-state index in [1.165, 1.54) is 44.4 Å². The van der Waals surface area contributed by atoms with Crippen LogP contribution in [0.5, 0.6) is 23.0 Å². The molecule has 1 fully saturated rings. The molecule has 4 rings (SSSR count). The first kappa shape index (κ1) is 26.2. The molecule has 1 aliphatic heterocycles. The molecule has 5 unspecified atom stereocenters. The molecule has 1 aliphatic rings. The lowest BCUT2D eigenvalue weighted by molar-refractivity contribution is -0.349. The molecule has 8 N–H and O–H groups in total. The van der Waals surface area contributed by atoms with Gasteiger partial charge in [-0.3, -0.25) is 4.79 Å². The largest absolute Gasteiger partial charge is 0.508 e. The summed E-state index contributed by atoms with van der Waals surface area (Å²) in [7, 11) is 1.31. The van der Waals surface area contributed by atoms with Gasteiger partial charge in [-0.1, -0.05) is 0 Å². The fourth-order valence-corrected chi connectivity index (χ4v) is 3.55. The number of phenolic OH excluding ortho intramolecular Hbond substituents is 3. The molecular formula is C23H26O12. The first-order valence-electron chi connectivity index (χ1n) is 10.3. The third-order valence-corrected chi connectivity index (χ3v) is 5.63. The molecule has 190 valence electrons. The van der Waals surface area contributed by atoms with Gasteiger partial charge in [0.2, 0.25) is 11.2 Å². The van der Waals surface area contributed by atoms with Gasteiger partial charge in [-0.2, -0.15) is 0 Å². The molecule has 3 aromatic rings. The van der Waals surface area contributed by atoms with Crippen molar-refractivity contribution < 1.29 is 54.7 Å². The summed E-state index contributed by atoms with van der Waals surface area (Å²) in [6.07, 6.45) is -5.03. The number of hydrogen-bond acceptors (Lipinski definition) is 12. The number of benzene rings is 2. The molecular weight excluding hydrogens is 468 g/mol. The van der Waals surface area contributed by atoms with Crippen molar-refractivity contribution in [2.45, 2.75) is 37.1 Å². The third kappa shape index (κ3) is 5.03. The van der Waals surface area contributed by atoms with Gasteiger partial charge in [-0.05, 0) is 31.2 Å². The summed E-state index contributed by atoms with van der Waals surface area (Å²) in [6, 6.07) is 7.82. The van der Waals surface area contributed by atoms with E-state index in [4.69, 9.17) is 19.0 Å². The molecule has 0 bridgehead atoms. The van der Waals surface area contributed by atoms with Crippen molar-refractivity contribution in [2.75, 3.05) is 13.7 Å². The Morgan fingerprint density at radius 3 is 2.17 bits per heavy atom. The van der Waals surface area contributed by atoms with Crippen molar-refractivity contribution >= 4 is 11.0 Å². The summed E-state index contributed by atoms with van der Waals surface area (Å²) < 4.78 is 15.4. The lowest BCUT2D eigenvalue weighted by Crippen LogP contribution is -2.64. The fourth-order valence-electron chi connectivity index (χ4n) is 3.55. The highest BCUT2D eigenvalue weighted by atomic mass is 16.7. The molecule has 1 saturated heterocycles. The second-order valence-electron chi connectivity index (χ2n) is 7.98. The molecule has 12 heteroatoms. The fraction of sp³-hybridized carbons (Fsp3) is 0.348. The number of hydrogen-bond donors (Lipinski definition) is 8. The van der Waals surface area contributed by atoms with Gasteiger partial charge in [0.15, 0.2) is 11.5 Å². The highest BCUT2D eigenvalue weighted by Crippen LogP contribution is 2.35. The maximum Gasteiger partial charge on any atom is 0.238 e. The van der Waals surface area contributed by atoms with Crippen LogP contribution in [-0.2, 0) is 9.47 Å². The molecule has 1 aromatic heterocycles. The summed E-state index contributed by atoms with van der Waals surface area (Å²) in [6.45, 7) is 0.972. The van der Waals surface area contributed by atoms with Crippen molar-refractivity contribution in [3.05, 3.63) is 46.6 Å². The highest BCUT2D eigenvalue weighted by Gasteiger charge is 2.51. The molecule has 0 saturated carbocycles. The molecule has 2 heterocycles. The second kappa shape index (κ2) is 10.1. The highest BCUT2D eigenvalue weighted by molar-refractivity contribution is 5.88. The van der Waals surface area contributed by atoms with E-state index >= 15 is 0 Å². The minimum atomic E-state index is -1.41. The van der Waals surface area contributed by atoms with Crippen LogP contribution in [0.2, 0.25) is 0 Å². The summed E-state index contributed by atoms with van der Waals surface area (Å²) in [5.41, 5.74) is -0.498. The van der Waals surface area contributed by atoms with Gasteiger partial charge in [0.25, 0.3) is 0 Å². The van der Waals surface area contributed by atoms with Crippen molar-refractivity contribution in [3.8, 4) is 34.3 Å². The Bertz CT molecular complexity index is 1240. The van der Waals surface area contributed by atoms with Gasteiger partial charge in [-0.25, -0.2) is 0 Å². The van der Waals surface area contributed by atoms with E-state index in [1.54, 1.807) is 0 Å². The summed E-state index contributed by atoms with van der Waals surface area (Å²) >= 11 is 0. The van der Waals surface area contributed by atoms with E-state index in [0.717, 1.165) is 6.07 Å². The first-order chi connectivity index (χ1) is 16.4. The number of aliphatic hydroxyl groups is 4. The third-order valence-electron chi connectivity index (χ3n) is 5.63. The van der Waals surface area contributed by atoms with Crippen LogP contribution in [0.3, 0.4) is 0 Å². The molecule has 35 heavy (non-hydrogen) atoms. The summed E-state index contributed by atoms with van der Waals surface area (Å²) in [5, 5.41) is 75.4. The average Bonchev–Trinajstić information content (AvgIpc) is 2.83. The Hall–Kier alpha value is -3.39. The number of phenols is 3. The molecule has 0 aliphatic carbocycles. The van der Waals surface area contributed by atoms with E-state index in [0.29, 0.717) is 5.56 Å². The van der Waals surface area contributed by atoms with Crippen LogP contribution in [0.1, 0.15) is 6.92 Å². The molecule has 5 atom stereocenters. The number of rotatable bonds is 3. The zero-order valence-electron chi connectivity index (χ0n) is 18.7. The standard InChI is InChI=1S/C15H10O6.C8H16O6/c16-8-3-1-7(2-4-8)15-14(20)13(19)12-10(18)5-9(17)6-11(12)21-15;1-8(13-2)7(12)6(11)5(10)4(3-9)14-8/h1-6,16-18,20H;4-7,9-12H,3H2,1-2H3. The zero-order chi connectivity index (χ0) is 26.1. The Morgan fingerprint density at radius 2 is 1.60 bits per heavy atom. The molecule has 12 nitrogen and oxygen atoms in total. The average molecular weight is 494 g/mol. The molecule has 2 aromatic carbocycles. The number of aromatic hydroxyl groups is 4. The Kier molecular flexibility index (Phi) is 7.55. The SMILES string of the molecule is COC1(C)OC(CO)C(O)C(O)C1O.O=c1c(O)c(-c2ccc(O)cc2)oc2cc(O)cc(O)c12. The summed E-state index contributed by atoms with van der Waals surface area (Å²) in [4.78, 5) is 12.1. The smallest absolute Gasteiger partial charge is 0.238 e. The van der Waals surface area contributed by atoms with E-state index in [2.05, 4.69) is 0 Å². The van der Waals surface area contributed by atoms with Gasteiger partial charge >= 0.3 is 0 Å². The van der Waals surface area contributed by atoms with Gasteiger partial charge in [0.1, 0.15) is 52.6 Å². The van der Waals surface area contributed by atoms with Crippen LogP contribution in [0.15, 0.2) is 45.6 Å². The number of ether oxygens (including phenoxy) is 2. The number of aliphatic hydroxyl groups excluding tert-OH is 4. The van der Waals surface area contributed by atoms with Crippen LogP contribution < -0.4 is 5.43 Å². The molecule has 0 amide bonds. The van der Waals surface area contributed by atoms with Crippen LogP contribution in [0.25, 0.3) is 22.3 Å². The monoisotopic (exact) mass is 494 g/mol. The van der Waals surface area contributed by atoms with E-state index in [1.807, 2.05) is 0 Å². The maximum absolute atomic E-state index is 12.1. The van der Waals surface area contributed by atoms with Crippen LogP contribution >= 0.6 is 0 Å². The van der Waals surface area contributed by atoms with E-state index in [-0.39, 0.29) is 28.2 Å². The predicted octanol–water partition coefficient (Wildman–Crippen LogP) is 0.105. The minimum Gasteiger partial charge on any atom is -0.508 e. The van der Waals surface area contributed by atoms with Gasteiger partial charge in [0.05, 0.1) is 6.61 Å².